The molecule has 2 aromatic carbocycles. The van der Waals surface area contributed by atoms with Gasteiger partial charge in [0.2, 0.25) is 0 Å². The highest BCUT2D eigenvalue weighted by molar-refractivity contribution is 5.42. The lowest BCUT2D eigenvalue weighted by atomic mass is 10.0. The topological polar surface area (TPSA) is 47.9 Å². The van der Waals surface area contributed by atoms with Gasteiger partial charge in [0, 0.05) is 2.74 Å². The maximum absolute atomic E-state index is 10.5. The van der Waals surface area contributed by atoms with E-state index < -0.39 is 86.8 Å². The summed E-state index contributed by atoms with van der Waals surface area (Å²) < 4.78 is 118. The minimum Gasteiger partial charge on any atom is -0.493 e. The minimum absolute atomic E-state index is 0.253. The SMILES string of the molecule is [2H]c1c([2H])c(OC([2H])([2H])C(O)CCC([2H])([2H])Cc2c([2H])c([2H])c(OC([2H])([2H])[2H])c(OC)c2[2H])c([2H])c(C)c1C. The summed E-state index contributed by atoms with van der Waals surface area (Å²) in [5.74, 6) is -1.63. The molecule has 0 amide bonds. The van der Waals surface area contributed by atoms with Crippen LogP contribution < -0.4 is 14.2 Å². The first-order valence-electron chi connectivity index (χ1n) is 14.4. The van der Waals surface area contributed by atoms with Crippen LogP contribution in [0, 0.1) is 13.8 Å². The summed E-state index contributed by atoms with van der Waals surface area (Å²) in [4.78, 5) is 0. The first-order valence-corrected chi connectivity index (χ1v) is 7.94. The molecule has 1 atom stereocenters. The van der Waals surface area contributed by atoms with Crippen molar-refractivity contribution < 1.29 is 37.1 Å². The predicted molar refractivity (Wildman–Crippen MR) is 105 cm³/mol. The molecule has 0 bridgehead atoms. The molecule has 0 radical (unpaired) electrons. The summed E-state index contributed by atoms with van der Waals surface area (Å²) in [6, 6.07) is -2.99. The molecule has 0 saturated carbocycles. The fourth-order valence-corrected chi connectivity index (χ4v) is 1.95. The lowest BCUT2D eigenvalue weighted by molar-refractivity contribution is 0.0976. The van der Waals surface area contributed by atoms with Crippen LogP contribution in [0.25, 0.3) is 0 Å². The Labute approximate surface area is 175 Å². The molecule has 1 N–H and O–H groups in total. The van der Waals surface area contributed by atoms with Gasteiger partial charge in [0.1, 0.15) is 12.3 Å². The molecule has 26 heavy (non-hydrogen) atoms. The van der Waals surface area contributed by atoms with E-state index in [0.29, 0.717) is 11.1 Å². The number of hydrogen-bond donors (Lipinski definition) is 1. The van der Waals surface area contributed by atoms with Gasteiger partial charge in [0.25, 0.3) is 0 Å². The Bertz CT molecular complexity index is 1200. The van der Waals surface area contributed by atoms with Crippen molar-refractivity contribution in [3.63, 3.8) is 0 Å². The second-order valence-electron chi connectivity index (χ2n) is 5.47. The van der Waals surface area contributed by atoms with Crippen LogP contribution in [0.3, 0.4) is 0 Å². The molecule has 2 rings (SSSR count). The summed E-state index contributed by atoms with van der Waals surface area (Å²) in [7, 11) is -1.89. The van der Waals surface area contributed by atoms with E-state index in [4.69, 9.17) is 32.0 Å². The first-order chi connectivity index (χ1) is 17.6. The average molecular weight is 372 g/mol. The highest BCUT2D eigenvalue weighted by atomic mass is 16.5. The Morgan fingerprint density at radius 3 is 2.73 bits per heavy atom. The maximum atomic E-state index is 10.5. The number of rotatable bonds is 10. The van der Waals surface area contributed by atoms with E-state index in [2.05, 4.69) is 0 Å². The summed E-state index contributed by atoms with van der Waals surface area (Å²) in [5, 5.41) is 10.5. The number of benzene rings is 2. The molecule has 0 fully saturated rings. The monoisotopic (exact) mass is 371 g/mol. The lowest BCUT2D eigenvalue weighted by Gasteiger charge is -2.13. The zero-order valence-electron chi connectivity index (χ0n) is 27.9. The maximum Gasteiger partial charge on any atom is 0.160 e. The van der Waals surface area contributed by atoms with Gasteiger partial charge in [-0.05, 0) is 73.9 Å². The number of ether oxygens (including phenoxy) is 3. The van der Waals surface area contributed by atoms with Crippen molar-refractivity contribution in [1.29, 1.82) is 0 Å². The van der Waals surface area contributed by atoms with Gasteiger partial charge >= 0.3 is 0 Å². The highest BCUT2D eigenvalue weighted by Crippen LogP contribution is 2.28. The molecule has 4 nitrogen and oxygen atoms in total. The molecule has 2 aromatic rings. The fourth-order valence-electron chi connectivity index (χ4n) is 1.95. The van der Waals surface area contributed by atoms with E-state index in [9.17, 15) is 5.11 Å². The van der Waals surface area contributed by atoms with E-state index >= 15 is 0 Å². The third kappa shape index (κ3) is 5.95. The van der Waals surface area contributed by atoms with Crippen molar-refractivity contribution in [3.8, 4) is 17.2 Å². The first kappa shape index (κ1) is 8.66. The van der Waals surface area contributed by atoms with Gasteiger partial charge in [-0.1, -0.05) is 18.5 Å². The molecule has 0 aliphatic rings. The normalized spacial score (nSPS) is 20.7. The van der Waals surface area contributed by atoms with Crippen LogP contribution in [-0.4, -0.2) is 31.9 Å². The highest BCUT2D eigenvalue weighted by Gasteiger charge is 2.07. The van der Waals surface area contributed by atoms with Crippen molar-refractivity contribution in [3.05, 3.63) is 52.9 Å². The smallest absolute Gasteiger partial charge is 0.160 e. The van der Waals surface area contributed by atoms with Crippen molar-refractivity contribution in [2.45, 2.75) is 45.6 Å². The summed E-state index contributed by atoms with van der Waals surface area (Å²) in [6.45, 7) is 0.201. The van der Waals surface area contributed by atoms with Gasteiger partial charge in [-0.25, -0.2) is 0 Å². The molecule has 0 spiro atoms. The molecule has 0 heterocycles. The Morgan fingerprint density at radius 1 is 1.12 bits per heavy atom. The number of aliphatic hydroxyl groups is 1. The largest absolute Gasteiger partial charge is 0.493 e. The van der Waals surface area contributed by atoms with Crippen LogP contribution in [0.1, 0.15) is 53.7 Å². The second kappa shape index (κ2) is 10.1. The zero-order chi connectivity index (χ0) is 30.2. The molecule has 1 unspecified atom stereocenters. The van der Waals surface area contributed by atoms with Crippen molar-refractivity contribution >= 4 is 0 Å². The Balaban J connectivity index is 2.27. The molecular formula is C22H30O4. The van der Waals surface area contributed by atoms with Crippen LogP contribution in [0.2, 0.25) is 0 Å². The van der Waals surface area contributed by atoms with Gasteiger partial charge in [-0.3, -0.25) is 0 Å². The third-order valence-corrected chi connectivity index (χ3v) is 3.52. The van der Waals surface area contributed by atoms with Gasteiger partial charge in [0.15, 0.2) is 11.5 Å². The summed E-state index contributed by atoms with van der Waals surface area (Å²) in [6.07, 6.45) is -5.78. The van der Waals surface area contributed by atoms with Crippen LogP contribution in [-0.2, 0) is 6.42 Å². The number of aliphatic hydroxyl groups excluding tert-OH is 1. The molecule has 0 aliphatic carbocycles. The second-order valence-corrected chi connectivity index (χ2v) is 5.47. The summed E-state index contributed by atoms with van der Waals surface area (Å²) in [5.41, 5.74) is 0.397. The van der Waals surface area contributed by atoms with E-state index in [1.165, 1.54) is 6.92 Å². The van der Waals surface area contributed by atoms with E-state index in [1.54, 1.807) is 6.92 Å². The van der Waals surface area contributed by atoms with Gasteiger partial charge in [-0.2, -0.15) is 0 Å². The molecular weight excluding hydrogens is 328 g/mol. The number of methoxy groups -OCH3 is 2. The average Bonchev–Trinajstić information content (AvgIpc) is 2.83. The minimum atomic E-state index is -2.99. The standard InChI is InChI=1S/C22H30O4/c1-16-9-11-20(13-17(16)2)26-15-19(23)8-6-5-7-18-10-12-21(24-3)22(14-18)25-4/h9-14,19,23H,5-8,15H2,1-4H3/i3D3,5D2,9D,10D,11D,12D,13D,14D,15D2. The Morgan fingerprint density at radius 2 is 1.96 bits per heavy atom. The van der Waals surface area contributed by atoms with Gasteiger partial charge in [0.05, 0.1) is 35.3 Å². The van der Waals surface area contributed by atoms with Crippen molar-refractivity contribution in [2.75, 3.05) is 20.7 Å². The summed E-state index contributed by atoms with van der Waals surface area (Å²) >= 11 is 0. The van der Waals surface area contributed by atoms with E-state index in [-0.39, 0.29) is 17.6 Å². The van der Waals surface area contributed by atoms with Crippen molar-refractivity contribution in [1.82, 2.24) is 0 Å². The molecule has 142 valence electrons. The molecule has 0 saturated heterocycles. The predicted octanol–water partition coefficient (Wildman–Crippen LogP) is 4.47. The van der Waals surface area contributed by atoms with E-state index in [1.807, 2.05) is 0 Å². The molecule has 4 heteroatoms. The van der Waals surface area contributed by atoms with Crippen LogP contribution in [0.15, 0.2) is 36.3 Å². The zero-order valence-corrected chi connectivity index (χ0v) is 14.9. The lowest BCUT2D eigenvalue weighted by Crippen LogP contribution is -2.17. The Kier molecular flexibility index (Phi) is 3.35. The number of hydrogen-bond acceptors (Lipinski definition) is 4. The van der Waals surface area contributed by atoms with E-state index in [0.717, 1.165) is 7.11 Å². The van der Waals surface area contributed by atoms with Crippen molar-refractivity contribution in [2.24, 2.45) is 0 Å². The molecule has 0 aromatic heterocycles. The third-order valence-electron chi connectivity index (χ3n) is 3.52. The van der Waals surface area contributed by atoms with Crippen LogP contribution >= 0.6 is 0 Å². The van der Waals surface area contributed by atoms with Crippen LogP contribution in [0.5, 0.6) is 17.2 Å². The Hall–Kier alpha value is -2.20. The van der Waals surface area contributed by atoms with Gasteiger partial charge in [-0.15, -0.1) is 0 Å². The quantitative estimate of drug-likeness (QED) is 0.669. The fraction of sp³-hybridized carbons (Fsp3) is 0.455. The van der Waals surface area contributed by atoms with Crippen LogP contribution in [0.4, 0.5) is 0 Å². The van der Waals surface area contributed by atoms with Gasteiger partial charge < -0.3 is 19.3 Å². The molecule has 0 aliphatic heterocycles.